The molecule has 1 fully saturated rings. The molecule has 0 spiro atoms. The normalized spacial score (nSPS) is 19.9. The van der Waals surface area contributed by atoms with E-state index in [-0.39, 0.29) is 12.6 Å². The van der Waals surface area contributed by atoms with Gasteiger partial charge in [0, 0.05) is 26.2 Å². The first-order valence-electron chi connectivity index (χ1n) is 7.33. The number of likely N-dealkylation sites (N-methyl/N-ethyl adjacent to an activating group) is 1. The summed E-state index contributed by atoms with van der Waals surface area (Å²) in [4.78, 5) is 14.9. The van der Waals surface area contributed by atoms with E-state index in [1.807, 2.05) is 7.05 Å². The van der Waals surface area contributed by atoms with Crippen LogP contribution in [0.25, 0.3) is 0 Å². The molecule has 2 rings (SSSR count). The molecule has 1 unspecified atom stereocenters. The third kappa shape index (κ3) is 5.12. The Labute approximate surface area is 126 Å². The summed E-state index contributed by atoms with van der Waals surface area (Å²) in [5.74, 6) is -0.801. The van der Waals surface area contributed by atoms with Gasteiger partial charge in [0.05, 0.1) is 19.3 Å². The van der Waals surface area contributed by atoms with Crippen molar-refractivity contribution in [3.05, 3.63) is 35.4 Å². The van der Waals surface area contributed by atoms with E-state index < -0.39 is 5.97 Å². The van der Waals surface area contributed by atoms with Gasteiger partial charge in [-0.3, -0.25) is 14.6 Å². The summed E-state index contributed by atoms with van der Waals surface area (Å²) in [6.45, 7) is 6.24. The Hall–Kier alpha value is -1.43. The molecule has 1 aromatic rings. The molecular formula is C16H24N2O3. The molecule has 21 heavy (non-hydrogen) atoms. The topological polar surface area (TPSA) is 53.0 Å². The van der Waals surface area contributed by atoms with Crippen molar-refractivity contribution in [2.45, 2.75) is 19.6 Å². The van der Waals surface area contributed by atoms with Gasteiger partial charge in [-0.1, -0.05) is 24.3 Å². The molecule has 0 saturated carbocycles. The van der Waals surface area contributed by atoms with E-state index >= 15 is 0 Å². The van der Waals surface area contributed by atoms with E-state index in [4.69, 9.17) is 9.84 Å². The van der Waals surface area contributed by atoms with Crippen LogP contribution >= 0.6 is 0 Å². The summed E-state index contributed by atoms with van der Waals surface area (Å²) >= 11 is 0. The van der Waals surface area contributed by atoms with Gasteiger partial charge in [0.15, 0.2) is 0 Å². The van der Waals surface area contributed by atoms with Crippen molar-refractivity contribution in [2.24, 2.45) is 0 Å². The molecule has 116 valence electrons. The fraction of sp³-hybridized carbons (Fsp3) is 0.562. The smallest absolute Gasteiger partial charge is 0.317 e. The predicted octanol–water partition coefficient (Wildman–Crippen LogP) is 1.21. The van der Waals surface area contributed by atoms with Crippen molar-refractivity contribution in [2.75, 3.05) is 39.8 Å². The van der Waals surface area contributed by atoms with E-state index in [0.29, 0.717) is 13.2 Å². The molecule has 5 nitrogen and oxygen atoms in total. The van der Waals surface area contributed by atoms with Crippen LogP contribution in [0.4, 0.5) is 0 Å². The largest absolute Gasteiger partial charge is 0.480 e. The van der Waals surface area contributed by atoms with E-state index in [1.165, 1.54) is 11.1 Å². The van der Waals surface area contributed by atoms with Crippen molar-refractivity contribution in [1.29, 1.82) is 0 Å². The number of carboxylic acid groups (broad SMARTS) is 1. The number of aliphatic carboxylic acids is 1. The van der Waals surface area contributed by atoms with Crippen molar-refractivity contribution in [1.82, 2.24) is 9.80 Å². The molecule has 1 N–H and O–H groups in total. The zero-order chi connectivity index (χ0) is 15.2. The molecule has 0 aliphatic carbocycles. The Balaban J connectivity index is 1.86. The van der Waals surface area contributed by atoms with Crippen LogP contribution in [0.3, 0.4) is 0 Å². The number of rotatable bonds is 6. The first-order valence-corrected chi connectivity index (χ1v) is 7.33. The Morgan fingerprint density at radius 3 is 2.95 bits per heavy atom. The van der Waals surface area contributed by atoms with Crippen LogP contribution in [0.1, 0.15) is 11.1 Å². The molecule has 1 aliphatic rings. The Morgan fingerprint density at radius 1 is 1.48 bits per heavy atom. The SMILES string of the molecule is Cc1ccccc1CN1CCOC(CN(C)CC(=O)O)C1. The quantitative estimate of drug-likeness (QED) is 0.854. The van der Waals surface area contributed by atoms with Crippen LogP contribution in [0, 0.1) is 6.92 Å². The van der Waals surface area contributed by atoms with Gasteiger partial charge in [-0.05, 0) is 25.1 Å². The number of ether oxygens (including phenoxy) is 1. The van der Waals surface area contributed by atoms with Crippen LogP contribution in [0.5, 0.6) is 0 Å². The zero-order valence-corrected chi connectivity index (χ0v) is 12.8. The number of carboxylic acids is 1. The molecule has 0 aromatic heterocycles. The second-order valence-electron chi connectivity index (χ2n) is 5.74. The standard InChI is InChI=1S/C16H24N2O3/c1-13-5-3-4-6-14(13)9-18-7-8-21-15(11-18)10-17(2)12-16(19)20/h3-6,15H,7-12H2,1-2H3,(H,19,20). The molecule has 1 heterocycles. The highest BCUT2D eigenvalue weighted by Gasteiger charge is 2.22. The molecular weight excluding hydrogens is 268 g/mol. The number of carbonyl (C=O) groups is 1. The summed E-state index contributed by atoms with van der Waals surface area (Å²) in [6, 6.07) is 8.42. The number of hydrogen-bond donors (Lipinski definition) is 1. The molecule has 1 aliphatic heterocycles. The number of nitrogens with zero attached hydrogens (tertiary/aromatic N) is 2. The summed E-state index contributed by atoms with van der Waals surface area (Å²) in [6.07, 6.45) is 0.0760. The second-order valence-corrected chi connectivity index (χ2v) is 5.74. The number of benzene rings is 1. The third-order valence-electron chi connectivity index (χ3n) is 3.80. The lowest BCUT2D eigenvalue weighted by molar-refractivity contribution is -0.138. The van der Waals surface area contributed by atoms with E-state index in [9.17, 15) is 4.79 Å². The van der Waals surface area contributed by atoms with Crippen LogP contribution in [0.2, 0.25) is 0 Å². The summed E-state index contributed by atoms with van der Waals surface area (Å²) in [5.41, 5.74) is 2.65. The Bertz CT molecular complexity index is 478. The first kappa shape index (κ1) is 15.9. The van der Waals surface area contributed by atoms with Gasteiger partial charge in [0.2, 0.25) is 0 Å². The minimum Gasteiger partial charge on any atom is -0.480 e. The van der Waals surface area contributed by atoms with Crippen LogP contribution in [0.15, 0.2) is 24.3 Å². The summed E-state index contributed by atoms with van der Waals surface area (Å²) in [5, 5.41) is 8.80. The minimum absolute atomic E-state index is 0.0532. The lowest BCUT2D eigenvalue weighted by atomic mass is 10.1. The monoisotopic (exact) mass is 292 g/mol. The minimum atomic E-state index is -0.801. The number of hydrogen-bond acceptors (Lipinski definition) is 4. The zero-order valence-electron chi connectivity index (χ0n) is 12.8. The van der Waals surface area contributed by atoms with Crippen molar-refractivity contribution < 1.29 is 14.6 Å². The first-order chi connectivity index (χ1) is 10.0. The molecule has 1 aromatic carbocycles. The third-order valence-corrected chi connectivity index (χ3v) is 3.80. The van der Waals surface area contributed by atoms with Crippen LogP contribution < -0.4 is 0 Å². The van der Waals surface area contributed by atoms with E-state index in [2.05, 4.69) is 36.1 Å². The molecule has 5 heteroatoms. The van der Waals surface area contributed by atoms with Gasteiger partial charge in [-0.15, -0.1) is 0 Å². The molecule has 0 bridgehead atoms. The molecule has 1 saturated heterocycles. The summed E-state index contributed by atoms with van der Waals surface area (Å²) in [7, 11) is 1.82. The second kappa shape index (κ2) is 7.54. The van der Waals surface area contributed by atoms with Gasteiger partial charge in [-0.2, -0.15) is 0 Å². The van der Waals surface area contributed by atoms with Crippen LogP contribution in [-0.4, -0.2) is 66.8 Å². The van der Waals surface area contributed by atoms with Crippen molar-refractivity contribution >= 4 is 5.97 Å². The average molecular weight is 292 g/mol. The average Bonchev–Trinajstić information content (AvgIpc) is 2.41. The van der Waals surface area contributed by atoms with E-state index in [1.54, 1.807) is 4.90 Å². The highest BCUT2D eigenvalue weighted by molar-refractivity contribution is 5.69. The predicted molar refractivity (Wildman–Crippen MR) is 81.3 cm³/mol. The maximum absolute atomic E-state index is 10.7. The lowest BCUT2D eigenvalue weighted by Crippen LogP contribution is -2.47. The van der Waals surface area contributed by atoms with Crippen LogP contribution in [-0.2, 0) is 16.1 Å². The summed E-state index contributed by atoms with van der Waals surface area (Å²) < 4.78 is 5.75. The fourth-order valence-corrected chi connectivity index (χ4v) is 2.71. The maximum atomic E-state index is 10.7. The fourth-order valence-electron chi connectivity index (χ4n) is 2.71. The van der Waals surface area contributed by atoms with Crippen molar-refractivity contribution in [3.8, 4) is 0 Å². The maximum Gasteiger partial charge on any atom is 0.317 e. The molecule has 1 atom stereocenters. The van der Waals surface area contributed by atoms with Gasteiger partial charge < -0.3 is 9.84 Å². The highest BCUT2D eigenvalue weighted by atomic mass is 16.5. The number of aryl methyl sites for hydroxylation is 1. The van der Waals surface area contributed by atoms with Gasteiger partial charge in [0.1, 0.15) is 0 Å². The molecule has 0 radical (unpaired) electrons. The lowest BCUT2D eigenvalue weighted by Gasteiger charge is -2.34. The van der Waals surface area contributed by atoms with Crippen molar-refractivity contribution in [3.63, 3.8) is 0 Å². The Morgan fingerprint density at radius 2 is 2.24 bits per heavy atom. The Kier molecular flexibility index (Phi) is 5.73. The van der Waals surface area contributed by atoms with E-state index in [0.717, 1.165) is 19.6 Å². The molecule has 0 amide bonds. The van der Waals surface area contributed by atoms with Gasteiger partial charge in [0.25, 0.3) is 0 Å². The van der Waals surface area contributed by atoms with Gasteiger partial charge >= 0.3 is 5.97 Å². The number of morpholine rings is 1. The van der Waals surface area contributed by atoms with Gasteiger partial charge in [-0.25, -0.2) is 0 Å². The highest BCUT2D eigenvalue weighted by Crippen LogP contribution is 2.14.